The zero-order valence-corrected chi connectivity index (χ0v) is 12.9. The van der Waals surface area contributed by atoms with E-state index < -0.39 is 6.10 Å². The molecule has 0 aliphatic rings. The van der Waals surface area contributed by atoms with Gasteiger partial charge >= 0.3 is 0 Å². The first-order valence-electron chi connectivity index (χ1n) is 6.64. The maximum Gasteiger partial charge on any atom is 0.209 e. The topological polar surface area (TPSA) is 58.7 Å². The Hall–Kier alpha value is -1.40. The van der Waals surface area contributed by atoms with Crippen LogP contribution in [0.2, 0.25) is 5.02 Å². The highest BCUT2D eigenvalue weighted by Gasteiger charge is 2.12. The molecule has 0 bridgehead atoms. The Bertz CT molecular complexity index is 574. The van der Waals surface area contributed by atoms with E-state index in [-0.39, 0.29) is 0 Å². The van der Waals surface area contributed by atoms with Crippen LogP contribution >= 0.6 is 11.6 Å². The molecule has 0 saturated heterocycles. The number of benzene rings is 1. The number of likely N-dealkylation sites (N-methyl/N-ethyl adjacent to an activating group) is 1. The van der Waals surface area contributed by atoms with E-state index in [1.54, 1.807) is 13.3 Å². The second-order valence-electron chi connectivity index (χ2n) is 4.93. The number of aliphatic hydroxyl groups excluding tert-OH is 1. The lowest BCUT2D eigenvalue weighted by molar-refractivity contribution is 0.0404. The van der Waals surface area contributed by atoms with Crippen LogP contribution < -0.4 is 0 Å². The van der Waals surface area contributed by atoms with Gasteiger partial charge in [0.1, 0.15) is 0 Å². The van der Waals surface area contributed by atoms with Crippen LogP contribution in [-0.4, -0.2) is 48.4 Å². The van der Waals surface area contributed by atoms with Crippen molar-refractivity contribution >= 4 is 11.6 Å². The molecule has 1 N–H and O–H groups in total. The summed E-state index contributed by atoms with van der Waals surface area (Å²) in [7, 11) is 3.46. The van der Waals surface area contributed by atoms with Gasteiger partial charge in [0, 0.05) is 24.2 Å². The molecule has 0 amide bonds. The fourth-order valence-electron chi connectivity index (χ4n) is 2.06. The summed E-state index contributed by atoms with van der Waals surface area (Å²) in [6, 6.07) is 7.43. The molecule has 0 radical (unpaired) electrons. The molecular weight excluding hydrogens is 292 g/mol. The largest absolute Gasteiger partial charge is 0.439 e. The van der Waals surface area contributed by atoms with Gasteiger partial charge in [-0.3, -0.25) is 4.90 Å². The standard InChI is InChI=1S/C15H19ClN2O3/c1-18(8-13(19)10-20-2)9-15-17-7-14(21-15)11-4-3-5-12(16)6-11/h3-7,13,19H,8-10H2,1-2H3. The number of aromatic nitrogens is 1. The highest BCUT2D eigenvalue weighted by Crippen LogP contribution is 2.23. The lowest BCUT2D eigenvalue weighted by atomic mass is 10.2. The van der Waals surface area contributed by atoms with E-state index in [4.69, 9.17) is 20.8 Å². The number of ether oxygens (including phenoxy) is 1. The molecule has 6 heteroatoms. The molecule has 1 aromatic carbocycles. The monoisotopic (exact) mass is 310 g/mol. The van der Waals surface area contributed by atoms with Gasteiger partial charge in [-0.05, 0) is 19.2 Å². The van der Waals surface area contributed by atoms with Crippen LogP contribution in [-0.2, 0) is 11.3 Å². The molecule has 21 heavy (non-hydrogen) atoms. The Morgan fingerprint density at radius 2 is 2.29 bits per heavy atom. The van der Waals surface area contributed by atoms with Crippen LogP contribution in [0, 0.1) is 0 Å². The Morgan fingerprint density at radius 3 is 3.00 bits per heavy atom. The van der Waals surface area contributed by atoms with Crippen LogP contribution in [0.25, 0.3) is 11.3 Å². The lowest BCUT2D eigenvalue weighted by Crippen LogP contribution is -2.31. The average Bonchev–Trinajstić information content (AvgIpc) is 2.87. The van der Waals surface area contributed by atoms with E-state index in [0.29, 0.717) is 36.4 Å². The first-order valence-corrected chi connectivity index (χ1v) is 7.02. The normalized spacial score (nSPS) is 12.8. The summed E-state index contributed by atoms with van der Waals surface area (Å²) < 4.78 is 10.6. The Kier molecular flexibility index (Phi) is 5.76. The minimum absolute atomic E-state index is 0.309. The van der Waals surface area contributed by atoms with Crippen molar-refractivity contribution in [3.63, 3.8) is 0 Å². The van der Waals surface area contributed by atoms with Gasteiger partial charge in [-0.25, -0.2) is 4.98 Å². The van der Waals surface area contributed by atoms with Crippen molar-refractivity contribution in [3.8, 4) is 11.3 Å². The number of hydrogen-bond donors (Lipinski definition) is 1. The van der Waals surface area contributed by atoms with E-state index >= 15 is 0 Å². The third-order valence-corrected chi connectivity index (χ3v) is 3.18. The molecule has 2 aromatic rings. The summed E-state index contributed by atoms with van der Waals surface area (Å²) in [5.74, 6) is 1.27. The first kappa shape index (κ1) is 16.0. The van der Waals surface area contributed by atoms with Crippen molar-refractivity contribution in [1.82, 2.24) is 9.88 Å². The SMILES string of the molecule is COCC(O)CN(C)Cc1ncc(-c2cccc(Cl)c2)o1. The van der Waals surface area contributed by atoms with Gasteiger partial charge in [-0.1, -0.05) is 23.7 Å². The molecular formula is C15H19ClN2O3. The Balaban J connectivity index is 1.97. The van der Waals surface area contributed by atoms with Crippen molar-refractivity contribution in [2.75, 3.05) is 27.3 Å². The van der Waals surface area contributed by atoms with E-state index in [1.165, 1.54) is 0 Å². The van der Waals surface area contributed by atoms with Gasteiger partial charge < -0.3 is 14.3 Å². The van der Waals surface area contributed by atoms with E-state index in [1.807, 2.05) is 36.2 Å². The fraction of sp³-hybridized carbons (Fsp3) is 0.400. The Morgan fingerprint density at radius 1 is 1.48 bits per heavy atom. The predicted octanol–water partition coefficient (Wildman–Crippen LogP) is 2.43. The minimum atomic E-state index is -0.526. The van der Waals surface area contributed by atoms with Gasteiger partial charge in [0.05, 0.1) is 25.5 Å². The molecule has 1 heterocycles. The summed E-state index contributed by atoms with van der Waals surface area (Å²) in [4.78, 5) is 6.18. The van der Waals surface area contributed by atoms with Gasteiger partial charge in [0.2, 0.25) is 5.89 Å². The average molecular weight is 311 g/mol. The van der Waals surface area contributed by atoms with Crippen molar-refractivity contribution in [2.45, 2.75) is 12.6 Å². The second kappa shape index (κ2) is 7.56. The van der Waals surface area contributed by atoms with Gasteiger partial charge in [-0.2, -0.15) is 0 Å². The van der Waals surface area contributed by atoms with E-state index in [2.05, 4.69) is 4.98 Å². The van der Waals surface area contributed by atoms with Gasteiger partial charge in [0.25, 0.3) is 0 Å². The quantitative estimate of drug-likeness (QED) is 0.851. The molecule has 114 valence electrons. The van der Waals surface area contributed by atoms with Crippen molar-refractivity contribution < 1.29 is 14.3 Å². The number of hydrogen-bond acceptors (Lipinski definition) is 5. The minimum Gasteiger partial charge on any atom is -0.439 e. The summed E-state index contributed by atoms with van der Waals surface area (Å²) in [5.41, 5.74) is 0.892. The molecule has 5 nitrogen and oxygen atoms in total. The van der Waals surface area contributed by atoms with Crippen LogP contribution in [0.5, 0.6) is 0 Å². The van der Waals surface area contributed by atoms with Crippen LogP contribution in [0.3, 0.4) is 0 Å². The molecule has 2 rings (SSSR count). The molecule has 0 saturated carbocycles. The predicted molar refractivity (Wildman–Crippen MR) is 81.2 cm³/mol. The van der Waals surface area contributed by atoms with Crippen molar-refractivity contribution in [3.05, 3.63) is 41.4 Å². The molecule has 0 aliphatic carbocycles. The second-order valence-corrected chi connectivity index (χ2v) is 5.37. The highest BCUT2D eigenvalue weighted by atomic mass is 35.5. The molecule has 1 atom stereocenters. The lowest BCUT2D eigenvalue weighted by Gasteiger charge is -2.18. The van der Waals surface area contributed by atoms with Crippen molar-refractivity contribution in [2.24, 2.45) is 0 Å². The van der Waals surface area contributed by atoms with E-state index in [0.717, 1.165) is 5.56 Å². The zero-order valence-electron chi connectivity index (χ0n) is 12.1. The zero-order chi connectivity index (χ0) is 15.2. The third-order valence-electron chi connectivity index (χ3n) is 2.95. The summed E-state index contributed by atoms with van der Waals surface area (Å²) in [6.45, 7) is 1.31. The maximum atomic E-state index is 9.68. The third kappa shape index (κ3) is 4.82. The molecule has 1 aromatic heterocycles. The van der Waals surface area contributed by atoms with E-state index in [9.17, 15) is 5.11 Å². The van der Waals surface area contributed by atoms with Crippen LogP contribution in [0.15, 0.2) is 34.9 Å². The van der Waals surface area contributed by atoms with Gasteiger partial charge in [0.15, 0.2) is 5.76 Å². The molecule has 0 aliphatic heterocycles. The number of rotatable bonds is 7. The smallest absolute Gasteiger partial charge is 0.209 e. The number of methoxy groups -OCH3 is 1. The highest BCUT2D eigenvalue weighted by molar-refractivity contribution is 6.30. The number of halogens is 1. The summed E-state index contributed by atoms with van der Waals surface area (Å²) in [6.07, 6.45) is 1.16. The fourth-order valence-corrected chi connectivity index (χ4v) is 2.25. The Labute approximate surface area is 129 Å². The molecule has 0 spiro atoms. The number of aliphatic hydroxyl groups is 1. The maximum absolute atomic E-state index is 9.68. The number of nitrogens with zero attached hydrogens (tertiary/aromatic N) is 2. The summed E-state index contributed by atoms with van der Waals surface area (Å²) in [5, 5.41) is 10.3. The van der Waals surface area contributed by atoms with Gasteiger partial charge in [-0.15, -0.1) is 0 Å². The van der Waals surface area contributed by atoms with Crippen molar-refractivity contribution in [1.29, 1.82) is 0 Å². The van der Waals surface area contributed by atoms with Crippen LogP contribution in [0.4, 0.5) is 0 Å². The van der Waals surface area contributed by atoms with Crippen LogP contribution in [0.1, 0.15) is 5.89 Å². The first-order chi connectivity index (χ1) is 10.1. The molecule has 0 fully saturated rings. The number of oxazole rings is 1. The summed E-state index contributed by atoms with van der Waals surface area (Å²) >= 11 is 5.96. The molecule has 1 unspecified atom stereocenters.